The van der Waals surface area contributed by atoms with Crippen LogP contribution in [-0.2, 0) is 14.9 Å². The van der Waals surface area contributed by atoms with Crippen LogP contribution in [0.1, 0.15) is 33.6 Å². The van der Waals surface area contributed by atoms with Gasteiger partial charge >= 0.3 is 0 Å². The van der Waals surface area contributed by atoms with E-state index >= 15 is 0 Å². The van der Waals surface area contributed by atoms with Gasteiger partial charge in [0.15, 0.2) is 0 Å². The molecule has 1 unspecified atom stereocenters. The number of methoxy groups -OCH3 is 1. The van der Waals surface area contributed by atoms with Gasteiger partial charge in [-0.15, -0.1) is 0 Å². The highest BCUT2D eigenvalue weighted by Crippen LogP contribution is 2.22. The molecule has 0 aliphatic carbocycles. The minimum atomic E-state index is -3.39. The second kappa shape index (κ2) is 9.05. The normalized spacial score (nSPS) is 21.3. The van der Waals surface area contributed by atoms with E-state index in [1.807, 2.05) is 13.8 Å². The third-order valence-corrected chi connectivity index (χ3v) is 6.06. The van der Waals surface area contributed by atoms with Gasteiger partial charge in [-0.1, -0.05) is 6.92 Å². The summed E-state index contributed by atoms with van der Waals surface area (Å²) in [6.07, 6.45) is 2.03. The Balaban J connectivity index is 2.74. The second-order valence-corrected chi connectivity index (χ2v) is 7.76. The number of rotatable bonds is 9. The highest BCUT2D eigenvalue weighted by atomic mass is 32.2. The molecule has 0 spiro atoms. The molecule has 0 aromatic carbocycles. The Morgan fingerprint density at radius 2 is 2.14 bits per heavy atom. The molecule has 1 aliphatic rings. The standard InChI is InChI=1S/C14H31N3O3S/c1-5-15-11-14-7-6-8-16(12-14)21(18,19)17(13(2)3)9-10-20-4/h13-15H,5-12H2,1-4H3. The van der Waals surface area contributed by atoms with Crippen molar-refractivity contribution in [1.29, 1.82) is 0 Å². The Hall–Kier alpha value is -0.210. The maximum atomic E-state index is 12.8. The monoisotopic (exact) mass is 321 g/mol. The highest BCUT2D eigenvalue weighted by molar-refractivity contribution is 7.86. The van der Waals surface area contributed by atoms with E-state index in [0.717, 1.165) is 25.9 Å². The average molecular weight is 321 g/mol. The van der Waals surface area contributed by atoms with Gasteiger partial charge in [0.25, 0.3) is 10.2 Å². The minimum absolute atomic E-state index is 0.0562. The molecule has 0 aromatic heterocycles. The zero-order valence-corrected chi connectivity index (χ0v) is 14.7. The largest absolute Gasteiger partial charge is 0.383 e. The minimum Gasteiger partial charge on any atom is -0.383 e. The quantitative estimate of drug-likeness (QED) is 0.686. The van der Waals surface area contributed by atoms with Crippen LogP contribution in [-0.4, -0.2) is 69.5 Å². The Morgan fingerprint density at radius 3 is 2.71 bits per heavy atom. The predicted octanol–water partition coefficient (Wildman–Crippen LogP) is 0.910. The van der Waals surface area contributed by atoms with Gasteiger partial charge in [0.2, 0.25) is 0 Å². The molecule has 0 amide bonds. The molecular weight excluding hydrogens is 290 g/mol. The lowest BCUT2D eigenvalue weighted by atomic mass is 10.00. The van der Waals surface area contributed by atoms with Gasteiger partial charge in [-0.05, 0) is 45.7 Å². The molecular formula is C14H31N3O3S. The fourth-order valence-corrected chi connectivity index (χ4v) is 4.61. The van der Waals surface area contributed by atoms with Crippen molar-refractivity contribution in [3.05, 3.63) is 0 Å². The summed E-state index contributed by atoms with van der Waals surface area (Å²) in [5.41, 5.74) is 0. The second-order valence-electron chi connectivity index (χ2n) is 5.88. The van der Waals surface area contributed by atoms with E-state index in [2.05, 4.69) is 12.2 Å². The molecule has 1 heterocycles. The summed E-state index contributed by atoms with van der Waals surface area (Å²) < 4.78 is 33.9. The van der Waals surface area contributed by atoms with Crippen molar-refractivity contribution in [3.8, 4) is 0 Å². The molecule has 126 valence electrons. The van der Waals surface area contributed by atoms with E-state index in [0.29, 0.717) is 32.2 Å². The third-order valence-electron chi connectivity index (χ3n) is 3.88. The molecule has 1 aliphatic heterocycles. The molecule has 1 fully saturated rings. The lowest BCUT2D eigenvalue weighted by molar-refractivity contribution is 0.162. The fourth-order valence-electron chi connectivity index (χ4n) is 2.72. The van der Waals surface area contributed by atoms with Crippen molar-refractivity contribution < 1.29 is 13.2 Å². The van der Waals surface area contributed by atoms with E-state index in [9.17, 15) is 8.42 Å². The van der Waals surface area contributed by atoms with Crippen LogP contribution >= 0.6 is 0 Å². The van der Waals surface area contributed by atoms with Crippen LogP contribution < -0.4 is 5.32 Å². The Labute approximate surface area is 130 Å². The topological polar surface area (TPSA) is 61.9 Å². The summed E-state index contributed by atoms with van der Waals surface area (Å²) in [6.45, 7) is 9.78. The van der Waals surface area contributed by atoms with Crippen molar-refractivity contribution in [2.45, 2.75) is 39.7 Å². The summed E-state index contributed by atoms with van der Waals surface area (Å²) in [6, 6.07) is -0.0562. The van der Waals surface area contributed by atoms with E-state index in [4.69, 9.17) is 4.74 Å². The van der Waals surface area contributed by atoms with Crippen LogP contribution in [0.5, 0.6) is 0 Å². The Kier molecular flexibility index (Phi) is 8.12. The van der Waals surface area contributed by atoms with Gasteiger partial charge < -0.3 is 10.1 Å². The first kappa shape index (κ1) is 18.8. The molecule has 0 aromatic rings. The third kappa shape index (κ3) is 5.49. The number of piperidine rings is 1. The van der Waals surface area contributed by atoms with Gasteiger partial charge in [-0.25, -0.2) is 0 Å². The van der Waals surface area contributed by atoms with Crippen molar-refractivity contribution in [3.63, 3.8) is 0 Å². The van der Waals surface area contributed by atoms with Crippen LogP contribution in [0.2, 0.25) is 0 Å². The molecule has 7 heteroatoms. The van der Waals surface area contributed by atoms with Gasteiger partial charge in [0.05, 0.1) is 6.61 Å². The summed E-state index contributed by atoms with van der Waals surface area (Å²) >= 11 is 0. The summed E-state index contributed by atoms with van der Waals surface area (Å²) in [4.78, 5) is 0. The maximum absolute atomic E-state index is 12.8. The van der Waals surface area contributed by atoms with Gasteiger partial charge in [-0.2, -0.15) is 17.0 Å². The van der Waals surface area contributed by atoms with Gasteiger partial charge in [0, 0.05) is 32.8 Å². The summed E-state index contributed by atoms with van der Waals surface area (Å²) in [5, 5.41) is 3.32. The van der Waals surface area contributed by atoms with E-state index in [-0.39, 0.29) is 6.04 Å². The lowest BCUT2D eigenvalue weighted by Crippen LogP contribution is -2.52. The average Bonchev–Trinajstić information content (AvgIpc) is 2.45. The zero-order chi connectivity index (χ0) is 15.9. The van der Waals surface area contributed by atoms with Crippen LogP contribution in [0.4, 0.5) is 0 Å². The maximum Gasteiger partial charge on any atom is 0.282 e. The smallest absolute Gasteiger partial charge is 0.282 e. The van der Waals surface area contributed by atoms with E-state index in [1.54, 1.807) is 15.7 Å². The number of hydrogen-bond acceptors (Lipinski definition) is 4. The Bertz CT molecular complexity index is 387. The zero-order valence-electron chi connectivity index (χ0n) is 13.8. The fraction of sp³-hybridized carbons (Fsp3) is 1.00. The van der Waals surface area contributed by atoms with Crippen molar-refractivity contribution in [2.24, 2.45) is 5.92 Å². The lowest BCUT2D eigenvalue weighted by Gasteiger charge is -2.37. The Morgan fingerprint density at radius 1 is 1.43 bits per heavy atom. The van der Waals surface area contributed by atoms with E-state index in [1.165, 1.54) is 0 Å². The molecule has 6 nitrogen and oxygen atoms in total. The number of nitrogens with one attached hydrogen (secondary N) is 1. The number of ether oxygens (including phenoxy) is 1. The van der Waals surface area contributed by atoms with Crippen molar-refractivity contribution in [1.82, 2.24) is 13.9 Å². The van der Waals surface area contributed by atoms with Crippen LogP contribution in [0.25, 0.3) is 0 Å². The number of hydrogen-bond donors (Lipinski definition) is 1. The van der Waals surface area contributed by atoms with Crippen molar-refractivity contribution >= 4 is 10.2 Å². The molecule has 1 N–H and O–H groups in total. The first-order chi connectivity index (χ1) is 9.93. The van der Waals surface area contributed by atoms with Crippen LogP contribution in [0.15, 0.2) is 0 Å². The molecule has 1 saturated heterocycles. The molecule has 1 rings (SSSR count). The molecule has 0 bridgehead atoms. The summed E-state index contributed by atoms with van der Waals surface area (Å²) in [7, 11) is -1.80. The van der Waals surface area contributed by atoms with Crippen LogP contribution in [0, 0.1) is 5.92 Å². The molecule has 1 atom stereocenters. The first-order valence-electron chi connectivity index (χ1n) is 7.90. The predicted molar refractivity (Wildman–Crippen MR) is 85.5 cm³/mol. The summed E-state index contributed by atoms with van der Waals surface area (Å²) in [5.74, 6) is 0.407. The van der Waals surface area contributed by atoms with Crippen LogP contribution in [0.3, 0.4) is 0 Å². The molecule has 21 heavy (non-hydrogen) atoms. The van der Waals surface area contributed by atoms with Crippen molar-refractivity contribution in [2.75, 3.05) is 46.4 Å². The van der Waals surface area contributed by atoms with E-state index < -0.39 is 10.2 Å². The van der Waals surface area contributed by atoms with Gasteiger partial charge in [-0.3, -0.25) is 0 Å². The van der Waals surface area contributed by atoms with Gasteiger partial charge in [0.1, 0.15) is 0 Å². The highest BCUT2D eigenvalue weighted by Gasteiger charge is 2.34. The SMILES string of the molecule is CCNCC1CCCN(S(=O)(=O)N(CCOC)C(C)C)C1. The first-order valence-corrected chi connectivity index (χ1v) is 9.29. The number of nitrogens with zero attached hydrogens (tertiary/aromatic N) is 2. The molecule has 0 radical (unpaired) electrons. The molecule has 0 saturated carbocycles.